The number of hydrogen-bond donors (Lipinski definition) is 0. The molecule has 1 aliphatic rings. The zero-order valence-corrected chi connectivity index (χ0v) is 27.8. The molecule has 0 aliphatic carbocycles. The fourth-order valence-electron chi connectivity index (χ4n) is 6.11. The van der Waals surface area contributed by atoms with Gasteiger partial charge in [0.05, 0.1) is 30.8 Å². The second-order valence-corrected chi connectivity index (χ2v) is 14.0. The van der Waals surface area contributed by atoms with Gasteiger partial charge >= 0.3 is 5.97 Å². The number of carbonyl (C=O) groups excluding carboxylic acids is 1. The number of carbonyl (C=O) groups is 1. The van der Waals surface area contributed by atoms with Crippen molar-refractivity contribution < 1.29 is 19.0 Å². The largest absolute Gasteiger partial charge is 0.496 e. The monoisotopic (exact) mass is 640 g/mol. The van der Waals surface area contributed by atoms with Crippen LogP contribution in [0.15, 0.2) is 83.9 Å². The molecule has 232 valence electrons. The first-order valence-electron chi connectivity index (χ1n) is 15.1. The van der Waals surface area contributed by atoms with E-state index in [0.29, 0.717) is 29.8 Å². The number of ether oxygens (including phenoxy) is 3. The first-order valence-corrected chi connectivity index (χ1v) is 16.3. The minimum atomic E-state index is -0.700. The molecular formula is C37H37ClN2O4S. The number of halogens is 1. The Bertz CT molecular complexity index is 1850. The van der Waals surface area contributed by atoms with Crippen LogP contribution in [0.25, 0.3) is 22.0 Å². The number of thioether (sulfide) groups is 1. The molecule has 45 heavy (non-hydrogen) atoms. The molecule has 1 atom stereocenters. The summed E-state index contributed by atoms with van der Waals surface area (Å²) in [7, 11) is 3.13. The van der Waals surface area contributed by atoms with Gasteiger partial charge in [0.15, 0.2) is 0 Å². The molecule has 3 aromatic carbocycles. The van der Waals surface area contributed by atoms with E-state index in [1.54, 1.807) is 7.11 Å². The molecule has 2 aromatic heterocycles. The van der Waals surface area contributed by atoms with Crippen LogP contribution in [0.1, 0.15) is 43.3 Å². The van der Waals surface area contributed by atoms with Gasteiger partial charge in [-0.05, 0) is 55.7 Å². The van der Waals surface area contributed by atoms with Crippen molar-refractivity contribution >= 4 is 40.2 Å². The summed E-state index contributed by atoms with van der Waals surface area (Å²) < 4.78 is 19.8. The molecule has 0 saturated carbocycles. The lowest BCUT2D eigenvalue weighted by Crippen LogP contribution is -2.29. The van der Waals surface area contributed by atoms with Crippen molar-refractivity contribution in [3.63, 3.8) is 0 Å². The van der Waals surface area contributed by atoms with E-state index >= 15 is 0 Å². The smallest absolute Gasteiger partial charge is 0.311 e. The summed E-state index contributed by atoms with van der Waals surface area (Å²) in [6.07, 6.45) is 3.27. The molecule has 1 unspecified atom stereocenters. The number of aromatic nitrogens is 2. The molecule has 8 heteroatoms. The van der Waals surface area contributed by atoms with E-state index in [4.69, 9.17) is 30.8 Å². The van der Waals surface area contributed by atoms with Crippen molar-refractivity contribution in [3.8, 4) is 22.6 Å². The molecule has 0 spiro atoms. The zero-order valence-electron chi connectivity index (χ0n) is 26.2. The lowest BCUT2D eigenvalue weighted by Gasteiger charge is -2.25. The van der Waals surface area contributed by atoms with Gasteiger partial charge in [0.25, 0.3) is 0 Å². The fourth-order valence-corrected chi connectivity index (χ4v) is 7.55. The SMILES string of the molecule is COC(=O)C(C)(C)Cc1c2c3c(c(OCc4cc(OC)c(-c5ccccc5)cn4)ccc3n1Cc1ccc(Cl)cc1)CC(C)S2. The van der Waals surface area contributed by atoms with Crippen LogP contribution in [-0.2, 0) is 35.5 Å². The van der Waals surface area contributed by atoms with E-state index in [1.165, 1.54) is 23.0 Å². The Hall–Kier alpha value is -3.94. The summed E-state index contributed by atoms with van der Waals surface area (Å²) in [6, 6.07) is 24.2. The molecule has 0 saturated heterocycles. The van der Waals surface area contributed by atoms with Gasteiger partial charge in [-0.1, -0.05) is 61.0 Å². The number of benzene rings is 3. The van der Waals surface area contributed by atoms with E-state index in [1.807, 2.05) is 80.3 Å². The summed E-state index contributed by atoms with van der Waals surface area (Å²) in [4.78, 5) is 18.8. The normalized spacial score (nSPS) is 14.4. The molecule has 0 radical (unpaired) electrons. The van der Waals surface area contributed by atoms with Crippen molar-refractivity contribution in [2.45, 2.75) is 56.9 Å². The third kappa shape index (κ3) is 6.29. The maximum atomic E-state index is 12.8. The van der Waals surface area contributed by atoms with E-state index in [9.17, 15) is 4.79 Å². The lowest BCUT2D eigenvalue weighted by atomic mass is 9.87. The van der Waals surface area contributed by atoms with Crippen molar-refractivity contribution in [1.82, 2.24) is 9.55 Å². The van der Waals surface area contributed by atoms with Crippen LogP contribution in [0, 0.1) is 5.41 Å². The van der Waals surface area contributed by atoms with Crippen molar-refractivity contribution in [2.24, 2.45) is 5.41 Å². The molecule has 0 amide bonds. The summed E-state index contributed by atoms with van der Waals surface area (Å²) in [5.41, 5.74) is 6.67. The van der Waals surface area contributed by atoms with E-state index < -0.39 is 5.41 Å². The van der Waals surface area contributed by atoms with Crippen molar-refractivity contribution in [2.75, 3.05) is 14.2 Å². The van der Waals surface area contributed by atoms with Gasteiger partial charge in [0.2, 0.25) is 0 Å². The Morgan fingerprint density at radius 2 is 1.80 bits per heavy atom. The number of pyridine rings is 1. The highest BCUT2D eigenvalue weighted by Crippen LogP contribution is 2.48. The summed E-state index contributed by atoms with van der Waals surface area (Å²) in [6.45, 7) is 7.12. The van der Waals surface area contributed by atoms with Gasteiger partial charge in [-0.15, -0.1) is 11.8 Å². The summed E-state index contributed by atoms with van der Waals surface area (Å²) >= 11 is 8.08. The van der Waals surface area contributed by atoms with Crippen LogP contribution >= 0.6 is 23.4 Å². The second-order valence-electron chi connectivity index (χ2n) is 12.1. The molecule has 0 fully saturated rings. The number of esters is 1. The maximum absolute atomic E-state index is 12.8. The lowest BCUT2D eigenvalue weighted by molar-refractivity contribution is -0.150. The minimum Gasteiger partial charge on any atom is -0.496 e. The van der Waals surface area contributed by atoms with E-state index in [0.717, 1.165) is 51.5 Å². The van der Waals surface area contributed by atoms with Crippen LogP contribution in [-0.4, -0.2) is 35.0 Å². The standard InChI is InChI=1S/C37H37ClN2O4S/c1-23-17-28-32(44-22-27-18-33(42-4)29(20-39-27)25-9-7-6-8-10-25)16-15-30-34(28)35(45-23)31(19-37(2,3)36(41)43-5)40(30)21-24-11-13-26(38)14-12-24/h6-16,18,20,23H,17,19,21-22H2,1-5H3. The first kappa shape index (κ1) is 31.1. The maximum Gasteiger partial charge on any atom is 0.311 e. The number of rotatable bonds is 10. The van der Waals surface area contributed by atoms with Gasteiger partial charge < -0.3 is 18.8 Å². The van der Waals surface area contributed by atoms with E-state index in [-0.39, 0.29) is 5.97 Å². The minimum absolute atomic E-state index is 0.225. The molecule has 0 N–H and O–H groups in total. The van der Waals surface area contributed by atoms with Crippen molar-refractivity contribution in [3.05, 3.63) is 107 Å². The topological polar surface area (TPSA) is 62.6 Å². The van der Waals surface area contributed by atoms with Gasteiger partial charge in [-0.25, -0.2) is 0 Å². The van der Waals surface area contributed by atoms with Gasteiger partial charge in [0.1, 0.15) is 18.1 Å². The molecular weight excluding hydrogens is 604 g/mol. The summed E-state index contributed by atoms with van der Waals surface area (Å²) in [5, 5.41) is 2.24. The van der Waals surface area contributed by atoms with Gasteiger partial charge in [-0.3, -0.25) is 9.78 Å². The quantitative estimate of drug-likeness (QED) is 0.142. The van der Waals surface area contributed by atoms with Gasteiger partial charge in [-0.2, -0.15) is 0 Å². The fraction of sp³-hybridized carbons (Fsp3) is 0.297. The Kier molecular flexibility index (Phi) is 8.85. The second kappa shape index (κ2) is 12.8. The van der Waals surface area contributed by atoms with E-state index in [2.05, 4.69) is 35.8 Å². The Morgan fingerprint density at radius 3 is 2.51 bits per heavy atom. The van der Waals surface area contributed by atoms with Crippen molar-refractivity contribution in [1.29, 1.82) is 0 Å². The molecule has 1 aliphatic heterocycles. The molecule has 6 nitrogen and oxygen atoms in total. The average molecular weight is 641 g/mol. The summed E-state index contributed by atoms with van der Waals surface area (Å²) in [5.74, 6) is 1.39. The number of hydrogen-bond acceptors (Lipinski definition) is 6. The predicted molar refractivity (Wildman–Crippen MR) is 182 cm³/mol. The Balaban J connectivity index is 1.39. The predicted octanol–water partition coefficient (Wildman–Crippen LogP) is 8.77. The first-order chi connectivity index (χ1) is 21.7. The molecule has 5 aromatic rings. The van der Waals surface area contributed by atoms with Crippen LogP contribution in [0.4, 0.5) is 0 Å². The Morgan fingerprint density at radius 1 is 1.04 bits per heavy atom. The molecule has 3 heterocycles. The number of nitrogens with zero attached hydrogens (tertiary/aromatic N) is 2. The highest BCUT2D eigenvalue weighted by Gasteiger charge is 2.35. The molecule has 0 bridgehead atoms. The van der Waals surface area contributed by atoms with Gasteiger partial charge in [0, 0.05) is 62.6 Å². The van der Waals surface area contributed by atoms with Crippen LogP contribution < -0.4 is 9.47 Å². The highest BCUT2D eigenvalue weighted by molar-refractivity contribution is 8.00. The zero-order chi connectivity index (χ0) is 31.7. The van der Waals surface area contributed by atoms with Crippen LogP contribution in [0.5, 0.6) is 11.5 Å². The molecule has 6 rings (SSSR count). The third-order valence-electron chi connectivity index (χ3n) is 8.37. The highest BCUT2D eigenvalue weighted by atomic mass is 35.5. The van der Waals surface area contributed by atoms with Crippen LogP contribution in [0.2, 0.25) is 5.02 Å². The average Bonchev–Trinajstić information content (AvgIpc) is 3.32. The third-order valence-corrected chi connectivity index (χ3v) is 9.86. The Labute approximate surface area is 273 Å². The number of methoxy groups -OCH3 is 2. The van der Waals surface area contributed by atoms with Crippen LogP contribution in [0.3, 0.4) is 0 Å².